The number of ether oxygens (including phenoxy) is 1. The van der Waals surface area contributed by atoms with Crippen LogP contribution in [-0.2, 0) is 10.5 Å². The first-order chi connectivity index (χ1) is 12.2. The van der Waals surface area contributed by atoms with Gasteiger partial charge < -0.3 is 14.8 Å². The van der Waals surface area contributed by atoms with Gasteiger partial charge in [-0.15, -0.1) is 0 Å². The summed E-state index contributed by atoms with van der Waals surface area (Å²) < 4.78 is 8.14. The molecule has 2 aromatic rings. The van der Waals surface area contributed by atoms with Gasteiger partial charge in [0, 0.05) is 0 Å². The Hall–Kier alpha value is -1.73. The van der Waals surface area contributed by atoms with Crippen molar-refractivity contribution in [3.63, 3.8) is 0 Å². The van der Waals surface area contributed by atoms with E-state index in [1.165, 1.54) is 32.0 Å². The van der Waals surface area contributed by atoms with E-state index in [-0.39, 0.29) is 18.3 Å². The molecule has 0 aromatic carbocycles. The maximum Gasteiger partial charge on any atom is 0.278 e. The van der Waals surface area contributed by atoms with Crippen molar-refractivity contribution in [3.8, 4) is 0 Å². The zero-order valence-corrected chi connectivity index (χ0v) is 14.9. The molecule has 2 N–H and O–H groups in total. The van der Waals surface area contributed by atoms with Gasteiger partial charge in [0.15, 0.2) is 11.2 Å². The van der Waals surface area contributed by atoms with E-state index in [2.05, 4.69) is 21.9 Å². The molecule has 138 valence electrons. The number of rotatable bonds is 9. The van der Waals surface area contributed by atoms with Crippen LogP contribution in [0.4, 0.5) is 0 Å². The predicted octanol–water partition coefficient (Wildman–Crippen LogP) is 2.69. The number of aromatic amines is 1. The van der Waals surface area contributed by atoms with Gasteiger partial charge in [0.1, 0.15) is 5.72 Å². The largest absolute Gasteiger partial charge is 0.394 e. The van der Waals surface area contributed by atoms with Crippen molar-refractivity contribution < 1.29 is 9.84 Å². The van der Waals surface area contributed by atoms with Gasteiger partial charge in [-0.3, -0.25) is 9.36 Å². The molecule has 7 nitrogen and oxygen atoms in total. The van der Waals surface area contributed by atoms with Crippen LogP contribution in [0.15, 0.2) is 17.4 Å². The van der Waals surface area contributed by atoms with Crippen molar-refractivity contribution >= 4 is 11.2 Å². The van der Waals surface area contributed by atoms with Crippen molar-refractivity contribution in [2.24, 2.45) is 0 Å². The second-order valence-electron chi connectivity index (χ2n) is 6.94. The van der Waals surface area contributed by atoms with Gasteiger partial charge in [-0.25, -0.2) is 9.97 Å². The molecule has 0 aliphatic carbocycles. The Bertz CT molecular complexity index is 741. The summed E-state index contributed by atoms with van der Waals surface area (Å²) in [5, 5.41) is 9.50. The third kappa shape index (κ3) is 3.77. The van der Waals surface area contributed by atoms with E-state index in [1.54, 1.807) is 6.33 Å². The zero-order valence-electron chi connectivity index (χ0n) is 14.9. The zero-order chi connectivity index (χ0) is 17.7. The van der Waals surface area contributed by atoms with Gasteiger partial charge in [0.25, 0.3) is 5.56 Å². The summed E-state index contributed by atoms with van der Waals surface area (Å²) in [5.41, 5.74) is 0.0811. The number of fused-ring (bicyclic) bond motifs is 1. The minimum absolute atomic E-state index is 0.0128. The number of nitrogens with zero attached hydrogens (tertiary/aromatic N) is 3. The number of aromatic nitrogens is 4. The monoisotopic (exact) mass is 348 g/mol. The lowest BCUT2D eigenvalue weighted by Gasteiger charge is -2.31. The first-order valence-corrected chi connectivity index (χ1v) is 9.40. The Balaban J connectivity index is 1.79. The minimum Gasteiger partial charge on any atom is -0.394 e. The topological polar surface area (TPSA) is 93.0 Å². The van der Waals surface area contributed by atoms with E-state index >= 15 is 0 Å². The molecule has 0 spiro atoms. The Labute approximate surface area is 147 Å². The van der Waals surface area contributed by atoms with Gasteiger partial charge in [-0.1, -0.05) is 39.0 Å². The Kier molecular flexibility index (Phi) is 5.86. The molecule has 3 heterocycles. The van der Waals surface area contributed by atoms with E-state index < -0.39 is 5.72 Å². The predicted molar refractivity (Wildman–Crippen MR) is 95.3 cm³/mol. The van der Waals surface area contributed by atoms with Crippen LogP contribution in [-0.4, -0.2) is 37.3 Å². The summed E-state index contributed by atoms with van der Waals surface area (Å²) in [7, 11) is 0. The Morgan fingerprint density at radius 1 is 1.32 bits per heavy atom. The molecule has 1 aliphatic rings. The number of unbranched alkanes of at least 4 members (excludes halogenated alkanes) is 5. The molecule has 0 bridgehead atoms. The summed E-state index contributed by atoms with van der Waals surface area (Å²) in [6.07, 6.45) is 12.6. The molecule has 2 aromatic heterocycles. The lowest BCUT2D eigenvalue weighted by molar-refractivity contribution is -0.114. The highest BCUT2D eigenvalue weighted by Crippen LogP contribution is 2.40. The van der Waals surface area contributed by atoms with Gasteiger partial charge in [-0.05, 0) is 25.7 Å². The number of aliphatic hydroxyl groups is 1. The Morgan fingerprint density at radius 2 is 2.12 bits per heavy atom. The number of hydrogen-bond acceptors (Lipinski definition) is 5. The molecular formula is C18H28N4O3. The fraction of sp³-hybridized carbons (Fsp3) is 0.722. The van der Waals surface area contributed by atoms with Gasteiger partial charge >= 0.3 is 0 Å². The maximum atomic E-state index is 11.9. The van der Waals surface area contributed by atoms with Crippen molar-refractivity contribution in [2.45, 2.75) is 76.5 Å². The van der Waals surface area contributed by atoms with E-state index in [0.717, 1.165) is 32.1 Å². The van der Waals surface area contributed by atoms with Crippen LogP contribution >= 0.6 is 0 Å². The molecule has 1 fully saturated rings. The highest BCUT2D eigenvalue weighted by molar-refractivity contribution is 5.69. The summed E-state index contributed by atoms with van der Waals surface area (Å²) in [6.45, 7) is 2.23. The van der Waals surface area contributed by atoms with E-state index in [4.69, 9.17) is 4.74 Å². The third-order valence-electron chi connectivity index (χ3n) is 5.15. The summed E-state index contributed by atoms with van der Waals surface area (Å²) in [5.74, 6) is 0. The molecule has 0 unspecified atom stereocenters. The molecule has 0 amide bonds. The minimum atomic E-state index is -0.562. The van der Waals surface area contributed by atoms with Gasteiger partial charge in [-0.2, -0.15) is 0 Å². The number of aliphatic hydroxyl groups excluding tert-OH is 1. The third-order valence-corrected chi connectivity index (χ3v) is 5.15. The average Bonchev–Trinajstić information content (AvgIpc) is 3.24. The van der Waals surface area contributed by atoms with E-state index in [1.807, 2.05) is 4.57 Å². The summed E-state index contributed by atoms with van der Waals surface area (Å²) >= 11 is 0. The first-order valence-electron chi connectivity index (χ1n) is 9.40. The molecule has 1 aliphatic heterocycles. The van der Waals surface area contributed by atoms with Crippen molar-refractivity contribution in [1.82, 2.24) is 19.5 Å². The van der Waals surface area contributed by atoms with Crippen molar-refractivity contribution in [2.75, 3.05) is 6.61 Å². The van der Waals surface area contributed by atoms with Gasteiger partial charge in [0.2, 0.25) is 0 Å². The second kappa shape index (κ2) is 8.10. The van der Waals surface area contributed by atoms with Crippen LogP contribution in [0.5, 0.6) is 0 Å². The van der Waals surface area contributed by atoms with E-state index in [9.17, 15) is 9.90 Å². The van der Waals surface area contributed by atoms with Crippen LogP contribution < -0.4 is 5.56 Å². The van der Waals surface area contributed by atoms with Crippen LogP contribution in [0.25, 0.3) is 11.2 Å². The SMILES string of the molecule is CCCCCCCC[C@]1(n2cnc3c(=O)[nH]cnc32)CC[C@@H](CO)O1. The molecule has 1 saturated heterocycles. The fourth-order valence-electron chi connectivity index (χ4n) is 3.75. The molecule has 25 heavy (non-hydrogen) atoms. The highest BCUT2D eigenvalue weighted by Gasteiger charge is 2.42. The lowest BCUT2D eigenvalue weighted by Crippen LogP contribution is -2.34. The number of H-pyrrole nitrogens is 1. The van der Waals surface area contributed by atoms with Crippen molar-refractivity contribution in [3.05, 3.63) is 23.0 Å². The quantitative estimate of drug-likeness (QED) is 0.680. The van der Waals surface area contributed by atoms with Crippen LogP contribution in [0.2, 0.25) is 0 Å². The molecular weight excluding hydrogens is 320 g/mol. The number of imidazole rings is 1. The van der Waals surface area contributed by atoms with Crippen LogP contribution in [0, 0.1) is 0 Å². The molecule has 0 saturated carbocycles. The van der Waals surface area contributed by atoms with Gasteiger partial charge in [0.05, 0.1) is 25.4 Å². The molecule has 7 heteroatoms. The first kappa shape index (κ1) is 18.1. The average molecular weight is 348 g/mol. The summed E-state index contributed by atoms with van der Waals surface area (Å²) in [4.78, 5) is 23.1. The van der Waals surface area contributed by atoms with E-state index in [0.29, 0.717) is 11.2 Å². The van der Waals surface area contributed by atoms with Crippen LogP contribution in [0.1, 0.15) is 64.7 Å². The smallest absolute Gasteiger partial charge is 0.278 e. The molecule has 0 radical (unpaired) electrons. The number of nitrogens with one attached hydrogen (secondary N) is 1. The number of hydrogen-bond donors (Lipinski definition) is 2. The molecule has 2 atom stereocenters. The molecule has 3 rings (SSSR count). The maximum absolute atomic E-state index is 11.9. The fourth-order valence-corrected chi connectivity index (χ4v) is 3.75. The summed E-state index contributed by atoms with van der Waals surface area (Å²) in [6, 6.07) is 0. The highest BCUT2D eigenvalue weighted by atomic mass is 16.5. The second-order valence-corrected chi connectivity index (χ2v) is 6.94. The van der Waals surface area contributed by atoms with Crippen molar-refractivity contribution in [1.29, 1.82) is 0 Å². The Morgan fingerprint density at radius 3 is 2.88 bits per heavy atom. The standard InChI is InChI=1S/C18H28N4O3/c1-2-3-4-5-6-7-9-18(10-8-14(11-23)25-18)22-13-21-15-16(22)19-12-20-17(15)24/h12-14,23H,2-11H2,1H3,(H,19,20,24)/t14-,18+/m0/s1. The normalized spacial score (nSPS) is 23.5. The lowest BCUT2D eigenvalue weighted by atomic mass is 9.99. The van der Waals surface area contributed by atoms with Crippen LogP contribution in [0.3, 0.4) is 0 Å².